The van der Waals surface area contributed by atoms with Crippen molar-refractivity contribution in [3.8, 4) is 0 Å². The van der Waals surface area contributed by atoms with Crippen molar-refractivity contribution in [2.45, 2.75) is 45.7 Å². The molecule has 8 nitrogen and oxygen atoms in total. The maximum atomic E-state index is 13.9. The van der Waals surface area contributed by atoms with Gasteiger partial charge in [-0.05, 0) is 24.5 Å². The number of ether oxygens (including phenoxy) is 1. The van der Waals surface area contributed by atoms with E-state index in [-0.39, 0.29) is 25.0 Å². The van der Waals surface area contributed by atoms with E-state index in [2.05, 4.69) is 10.6 Å². The first-order valence-electron chi connectivity index (χ1n) is 8.91. The van der Waals surface area contributed by atoms with E-state index in [9.17, 15) is 23.6 Å². The second-order valence-corrected chi connectivity index (χ2v) is 6.42. The van der Waals surface area contributed by atoms with Crippen LogP contribution in [0.5, 0.6) is 0 Å². The molecule has 4 N–H and O–H groups in total. The smallest absolute Gasteiger partial charge is 0.306 e. The molecule has 1 aromatic rings. The fourth-order valence-corrected chi connectivity index (χ4v) is 2.69. The van der Waals surface area contributed by atoms with E-state index in [1.54, 1.807) is 19.9 Å². The lowest BCUT2D eigenvalue weighted by atomic mass is 9.96. The zero-order valence-electron chi connectivity index (χ0n) is 16.2. The van der Waals surface area contributed by atoms with Crippen molar-refractivity contribution in [3.63, 3.8) is 0 Å². The monoisotopic (exact) mass is 395 g/mol. The summed E-state index contributed by atoms with van der Waals surface area (Å²) >= 11 is 0. The first-order valence-corrected chi connectivity index (χ1v) is 8.91. The van der Waals surface area contributed by atoms with E-state index in [1.165, 1.54) is 25.1 Å². The van der Waals surface area contributed by atoms with Gasteiger partial charge in [-0.2, -0.15) is 0 Å². The number of halogens is 1. The highest BCUT2D eigenvalue weighted by Gasteiger charge is 2.30. The van der Waals surface area contributed by atoms with Gasteiger partial charge >= 0.3 is 5.97 Å². The number of rotatable bonds is 10. The van der Waals surface area contributed by atoms with Gasteiger partial charge in [-0.3, -0.25) is 19.2 Å². The summed E-state index contributed by atoms with van der Waals surface area (Å²) in [4.78, 5) is 47.5. The Hall–Kier alpha value is -2.97. The number of nitrogens with two attached hydrogens (primary N) is 1. The summed E-state index contributed by atoms with van der Waals surface area (Å²) < 4.78 is 18.8. The Morgan fingerprint density at radius 1 is 1.18 bits per heavy atom. The molecule has 0 aliphatic rings. The molecule has 3 amide bonds. The average Bonchev–Trinajstić information content (AvgIpc) is 2.60. The Kier molecular flexibility index (Phi) is 9.07. The van der Waals surface area contributed by atoms with Crippen molar-refractivity contribution < 1.29 is 28.3 Å². The number of benzene rings is 1. The normalized spacial score (nSPS) is 13.7. The van der Waals surface area contributed by atoms with Gasteiger partial charge in [0.25, 0.3) is 0 Å². The molecule has 0 heterocycles. The largest absolute Gasteiger partial charge is 0.466 e. The molecule has 154 valence electrons. The third-order valence-electron chi connectivity index (χ3n) is 4.04. The van der Waals surface area contributed by atoms with Crippen molar-refractivity contribution in [3.05, 3.63) is 35.6 Å². The van der Waals surface area contributed by atoms with Gasteiger partial charge in [-0.25, -0.2) is 4.39 Å². The average molecular weight is 395 g/mol. The van der Waals surface area contributed by atoms with Crippen LogP contribution in [0.4, 0.5) is 4.39 Å². The molecule has 3 atom stereocenters. The third kappa shape index (κ3) is 7.34. The van der Waals surface area contributed by atoms with Crippen LogP contribution >= 0.6 is 0 Å². The van der Waals surface area contributed by atoms with E-state index >= 15 is 0 Å². The molecule has 1 rings (SSSR count). The number of carbonyl (C=O) groups excluding carboxylic acids is 4. The maximum absolute atomic E-state index is 13.9. The van der Waals surface area contributed by atoms with Gasteiger partial charge in [0.15, 0.2) is 0 Å². The zero-order valence-corrected chi connectivity index (χ0v) is 16.2. The van der Waals surface area contributed by atoms with Crippen molar-refractivity contribution >= 4 is 23.7 Å². The van der Waals surface area contributed by atoms with Crippen LogP contribution in [-0.4, -0.2) is 42.4 Å². The number of carbonyl (C=O) groups is 4. The van der Waals surface area contributed by atoms with Gasteiger partial charge in [-0.15, -0.1) is 0 Å². The Balaban J connectivity index is 2.93. The highest BCUT2D eigenvalue weighted by Crippen LogP contribution is 2.12. The number of amides is 3. The zero-order chi connectivity index (χ0) is 21.3. The number of hydrogen-bond donors (Lipinski definition) is 3. The quantitative estimate of drug-likeness (QED) is 0.495. The van der Waals surface area contributed by atoms with E-state index in [0.29, 0.717) is 0 Å². The van der Waals surface area contributed by atoms with Crippen molar-refractivity contribution in [1.82, 2.24) is 10.6 Å². The van der Waals surface area contributed by atoms with Gasteiger partial charge in [0.05, 0.1) is 13.0 Å². The number of nitrogens with one attached hydrogen (secondary N) is 2. The molecule has 9 heteroatoms. The highest BCUT2D eigenvalue weighted by molar-refractivity contribution is 5.91. The fraction of sp³-hybridized carbons (Fsp3) is 0.474. The number of hydrogen-bond acceptors (Lipinski definition) is 5. The van der Waals surface area contributed by atoms with Crippen LogP contribution in [0.2, 0.25) is 0 Å². The summed E-state index contributed by atoms with van der Waals surface area (Å²) in [6.45, 7) is 4.62. The molecule has 28 heavy (non-hydrogen) atoms. The van der Waals surface area contributed by atoms with Gasteiger partial charge in [0.2, 0.25) is 17.7 Å². The number of esters is 1. The molecule has 0 saturated heterocycles. The predicted molar refractivity (Wildman–Crippen MR) is 99.2 cm³/mol. The minimum absolute atomic E-state index is 0.115. The third-order valence-corrected chi connectivity index (χ3v) is 4.04. The lowest BCUT2D eigenvalue weighted by molar-refractivity contribution is -0.145. The molecular formula is C19H26FN3O5. The molecular weight excluding hydrogens is 369 g/mol. The van der Waals surface area contributed by atoms with Gasteiger partial charge in [0.1, 0.15) is 17.9 Å². The van der Waals surface area contributed by atoms with Crippen molar-refractivity contribution in [2.75, 3.05) is 6.61 Å². The number of primary amides is 1. The lowest BCUT2D eigenvalue weighted by Crippen LogP contribution is -2.55. The van der Waals surface area contributed by atoms with Crippen molar-refractivity contribution in [2.24, 2.45) is 11.7 Å². The van der Waals surface area contributed by atoms with Crippen LogP contribution < -0.4 is 16.4 Å². The molecule has 0 bridgehead atoms. The van der Waals surface area contributed by atoms with Gasteiger partial charge < -0.3 is 21.1 Å². The van der Waals surface area contributed by atoms with E-state index < -0.39 is 47.5 Å². The van der Waals surface area contributed by atoms with E-state index in [0.717, 1.165) is 0 Å². The SMILES string of the molecule is CCOC(=O)C[C@@H](C)[C@H](NC(=O)[C@@H](Cc1ccccc1F)NC(C)=O)C(N)=O. The Labute approximate surface area is 163 Å². The second-order valence-electron chi connectivity index (χ2n) is 6.42. The topological polar surface area (TPSA) is 128 Å². The van der Waals surface area contributed by atoms with Crippen LogP contribution in [0.15, 0.2) is 24.3 Å². The highest BCUT2D eigenvalue weighted by atomic mass is 19.1. The minimum atomic E-state index is -1.16. The van der Waals surface area contributed by atoms with Gasteiger partial charge in [0, 0.05) is 13.3 Å². The molecule has 1 aromatic carbocycles. The predicted octanol–water partition coefficient (Wildman–Crippen LogP) is 0.432. The molecule has 0 aromatic heterocycles. The molecule has 0 aliphatic heterocycles. The van der Waals surface area contributed by atoms with Crippen LogP contribution in [-0.2, 0) is 30.3 Å². The molecule has 0 radical (unpaired) electrons. The standard InChI is InChI=1S/C19H26FN3O5/c1-4-28-16(25)9-11(2)17(18(21)26)23-19(27)15(22-12(3)24)10-13-7-5-6-8-14(13)20/h5-8,11,15,17H,4,9-10H2,1-3H3,(H2,21,26)(H,22,24)(H,23,27)/t11-,15-,17+/m1/s1. The van der Waals surface area contributed by atoms with E-state index in [4.69, 9.17) is 10.5 Å². The molecule has 0 aliphatic carbocycles. The van der Waals surface area contributed by atoms with E-state index in [1.807, 2.05) is 0 Å². The Morgan fingerprint density at radius 3 is 2.36 bits per heavy atom. The second kappa shape index (κ2) is 11.0. The molecule has 0 saturated carbocycles. The van der Waals surface area contributed by atoms with Gasteiger partial charge in [-0.1, -0.05) is 25.1 Å². The summed E-state index contributed by atoms with van der Waals surface area (Å²) in [6, 6.07) is 3.57. The Bertz CT molecular complexity index is 725. The summed E-state index contributed by atoms with van der Waals surface area (Å²) in [5.41, 5.74) is 5.59. The molecule has 0 spiro atoms. The maximum Gasteiger partial charge on any atom is 0.306 e. The van der Waals surface area contributed by atoms with Crippen LogP contribution in [0.3, 0.4) is 0 Å². The lowest BCUT2D eigenvalue weighted by Gasteiger charge is -2.25. The summed E-state index contributed by atoms with van der Waals surface area (Å²) in [7, 11) is 0. The fourth-order valence-electron chi connectivity index (χ4n) is 2.69. The molecule has 0 fully saturated rings. The van der Waals surface area contributed by atoms with Crippen LogP contribution in [0.25, 0.3) is 0 Å². The summed E-state index contributed by atoms with van der Waals surface area (Å²) in [6.07, 6.45) is -0.240. The molecule has 0 unspecified atom stereocenters. The first kappa shape index (κ1) is 23.1. The summed E-state index contributed by atoms with van der Waals surface area (Å²) in [5.74, 6) is -3.72. The minimum Gasteiger partial charge on any atom is -0.466 e. The van der Waals surface area contributed by atoms with Crippen molar-refractivity contribution in [1.29, 1.82) is 0 Å². The summed E-state index contributed by atoms with van der Waals surface area (Å²) in [5, 5.41) is 4.89. The Morgan fingerprint density at radius 2 is 1.82 bits per heavy atom. The van der Waals surface area contributed by atoms with Crippen LogP contribution in [0, 0.1) is 11.7 Å². The van der Waals surface area contributed by atoms with Crippen LogP contribution in [0.1, 0.15) is 32.8 Å². The first-order chi connectivity index (χ1) is 13.1.